The third-order valence-electron chi connectivity index (χ3n) is 1.32. The highest BCUT2D eigenvalue weighted by Gasteiger charge is 2.03. The summed E-state index contributed by atoms with van der Waals surface area (Å²) in [6.07, 6.45) is 0. The van der Waals surface area contributed by atoms with E-state index in [4.69, 9.17) is 5.84 Å². The number of hydrogen-bond donors (Lipinski definition) is 2. The molecule has 0 heterocycles. The van der Waals surface area contributed by atoms with E-state index in [0.29, 0.717) is 16.6 Å². The van der Waals surface area contributed by atoms with Crippen LogP contribution in [0.3, 0.4) is 0 Å². The minimum absolute atomic E-state index is 0.259. The summed E-state index contributed by atoms with van der Waals surface area (Å²) in [5.41, 5.74) is 2.95. The zero-order valence-electron chi connectivity index (χ0n) is 5.77. The summed E-state index contributed by atoms with van der Waals surface area (Å²) in [5.74, 6) is 4.79. The van der Waals surface area contributed by atoms with E-state index in [1.165, 1.54) is 0 Å². The predicted octanol–water partition coefficient (Wildman–Crippen LogP) is 1.55. The van der Waals surface area contributed by atoms with Gasteiger partial charge in [0.05, 0.1) is 4.47 Å². The number of benzene rings is 1. The molecular weight excluding hydrogens is 211 g/mol. The molecule has 60 valence electrons. The Morgan fingerprint density at radius 1 is 1.55 bits per heavy atom. The molecule has 0 bridgehead atoms. The topological polar surface area (TPSA) is 38.0 Å². The standard InChI is InChI=1S/C7H8BrFN2/c8-6-3-1-2-5(4-11-10)7(6)9/h1-3,11H,4,10H2. The van der Waals surface area contributed by atoms with Crippen molar-refractivity contribution in [2.24, 2.45) is 5.84 Å². The van der Waals surface area contributed by atoms with Gasteiger partial charge in [-0.15, -0.1) is 0 Å². The average molecular weight is 219 g/mol. The maximum absolute atomic E-state index is 13.0. The molecule has 0 aliphatic carbocycles. The van der Waals surface area contributed by atoms with Crippen molar-refractivity contribution in [3.63, 3.8) is 0 Å². The van der Waals surface area contributed by atoms with Crippen molar-refractivity contribution < 1.29 is 4.39 Å². The first-order valence-electron chi connectivity index (χ1n) is 3.12. The number of nitrogens with one attached hydrogen (secondary N) is 1. The molecule has 2 nitrogen and oxygen atoms in total. The Morgan fingerprint density at radius 3 is 2.91 bits per heavy atom. The van der Waals surface area contributed by atoms with E-state index in [2.05, 4.69) is 21.4 Å². The van der Waals surface area contributed by atoms with Crippen molar-refractivity contribution >= 4 is 15.9 Å². The van der Waals surface area contributed by atoms with Gasteiger partial charge >= 0.3 is 0 Å². The molecule has 1 aromatic rings. The van der Waals surface area contributed by atoms with E-state index in [0.717, 1.165) is 0 Å². The van der Waals surface area contributed by atoms with E-state index >= 15 is 0 Å². The molecule has 0 fully saturated rings. The number of halogens is 2. The first-order chi connectivity index (χ1) is 5.25. The van der Waals surface area contributed by atoms with E-state index in [-0.39, 0.29) is 5.82 Å². The van der Waals surface area contributed by atoms with Gasteiger partial charge in [-0.3, -0.25) is 11.3 Å². The van der Waals surface area contributed by atoms with Crippen LogP contribution in [0.25, 0.3) is 0 Å². The second-order valence-corrected chi connectivity index (χ2v) is 2.95. The molecule has 1 aromatic carbocycles. The van der Waals surface area contributed by atoms with E-state index in [1.807, 2.05) is 0 Å². The van der Waals surface area contributed by atoms with Gasteiger partial charge in [-0.05, 0) is 22.0 Å². The summed E-state index contributed by atoms with van der Waals surface area (Å²) in [7, 11) is 0. The summed E-state index contributed by atoms with van der Waals surface area (Å²) in [4.78, 5) is 0. The molecule has 0 amide bonds. The van der Waals surface area contributed by atoms with Crippen molar-refractivity contribution in [2.75, 3.05) is 0 Å². The normalized spacial score (nSPS) is 10.1. The number of nitrogens with two attached hydrogens (primary N) is 1. The van der Waals surface area contributed by atoms with Gasteiger partial charge in [0.15, 0.2) is 0 Å². The quantitative estimate of drug-likeness (QED) is 0.585. The molecule has 4 heteroatoms. The molecule has 0 saturated carbocycles. The van der Waals surface area contributed by atoms with Crippen LogP contribution in [0.2, 0.25) is 0 Å². The summed E-state index contributed by atoms with van der Waals surface area (Å²) in [5, 5.41) is 0. The Hall–Kier alpha value is -0.450. The fraction of sp³-hybridized carbons (Fsp3) is 0.143. The highest BCUT2D eigenvalue weighted by Crippen LogP contribution is 2.17. The lowest BCUT2D eigenvalue weighted by atomic mass is 10.2. The Morgan fingerprint density at radius 2 is 2.27 bits per heavy atom. The van der Waals surface area contributed by atoms with Gasteiger partial charge in [-0.25, -0.2) is 4.39 Å². The number of hydrazine groups is 1. The molecule has 0 aliphatic heterocycles. The fourth-order valence-electron chi connectivity index (χ4n) is 0.795. The van der Waals surface area contributed by atoms with Gasteiger partial charge in [0.1, 0.15) is 5.82 Å². The van der Waals surface area contributed by atoms with Crippen LogP contribution in [-0.4, -0.2) is 0 Å². The minimum Gasteiger partial charge on any atom is -0.271 e. The molecule has 0 radical (unpaired) electrons. The van der Waals surface area contributed by atoms with Crippen molar-refractivity contribution in [1.82, 2.24) is 5.43 Å². The van der Waals surface area contributed by atoms with Crippen LogP contribution in [0.5, 0.6) is 0 Å². The summed E-state index contributed by atoms with van der Waals surface area (Å²) < 4.78 is 13.5. The lowest BCUT2D eigenvalue weighted by molar-refractivity contribution is 0.588. The third-order valence-corrected chi connectivity index (χ3v) is 1.94. The molecule has 1 rings (SSSR count). The number of rotatable bonds is 2. The van der Waals surface area contributed by atoms with Crippen molar-refractivity contribution in [3.8, 4) is 0 Å². The Kier molecular flexibility index (Phi) is 2.99. The van der Waals surface area contributed by atoms with Crippen LogP contribution in [0.15, 0.2) is 22.7 Å². The van der Waals surface area contributed by atoms with E-state index in [1.54, 1.807) is 18.2 Å². The second-order valence-electron chi connectivity index (χ2n) is 2.09. The summed E-state index contributed by atoms with van der Waals surface area (Å²) >= 11 is 3.07. The van der Waals surface area contributed by atoms with Gasteiger partial charge in [0.2, 0.25) is 0 Å². The molecule has 0 saturated heterocycles. The maximum atomic E-state index is 13.0. The smallest absolute Gasteiger partial charge is 0.141 e. The fourth-order valence-corrected chi connectivity index (χ4v) is 1.20. The number of hydrogen-bond acceptors (Lipinski definition) is 2. The molecular formula is C7H8BrFN2. The van der Waals surface area contributed by atoms with E-state index < -0.39 is 0 Å². The Balaban J connectivity index is 2.96. The van der Waals surface area contributed by atoms with Crippen LogP contribution in [0.1, 0.15) is 5.56 Å². The average Bonchev–Trinajstić information content (AvgIpc) is 1.99. The van der Waals surface area contributed by atoms with Gasteiger partial charge < -0.3 is 0 Å². The largest absolute Gasteiger partial charge is 0.271 e. The third kappa shape index (κ3) is 1.99. The SMILES string of the molecule is NNCc1cccc(Br)c1F. The van der Waals surface area contributed by atoms with Gasteiger partial charge in [0, 0.05) is 12.1 Å². The van der Waals surface area contributed by atoms with Gasteiger partial charge in [-0.2, -0.15) is 0 Å². The molecule has 0 unspecified atom stereocenters. The molecule has 3 N–H and O–H groups in total. The zero-order valence-corrected chi connectivity index (χ0v) is 7.36. The summed E-state index contributed by atoms with van der Waals surface area (Å²) in [6, 6.07) is 5.09. The first kappa shape index (κ1) is 8.64. The molecule has 0 atom stereocenters. The van der Waals surface area contributed by atoms with Crippen molar-refractivity contribution in [2.45, 2.75) is 6.54 Å². The molecule has 0 spiro atoms. The Bertz CT molecular complexity index is 252. The molecule has 0 aromatic heterocycles. The zero-order chi connectivity index (χ0) is 8.27. The minimum atomic E-state index is -0.259. The van der Waals surface area contributed by atoms with E-state index in [9.17, 15) is 4.39 Å². The van der Waals surface area contributed by atoms with Crippen LogP contribution in [-0.2, 0) is 6.54 Å². The lowest BCUT2D eigenvalue weighted by Gasteiger charge is -2.02. The first-order valence-corrected chi connectivity index (χ1v) is 3.91. The molecule has 0 aliphatic rings. The molecule has 11 heavy (non-hydrogen) atoms. The van der Waals surface area contributed by atoms with Crippen molar-refractivity contribution in [3.05, 3.63) is 34.1 Å². The lowest BCUT2D eigenvalue weighted by Crippen LogP contribution is -2.21. The van der Waals surface area contributed by atoms with Crippen molar-refractivity contribution in [1.29, 1.82) is 0 Å². The highest BCUT2D eigenvalue weighted by atomic mass is 79.9. The second kappa shape index (κ2) is 3.80. The predicted molar refractivity (Wildman–Crippen MR) is 45.1 cm³/mol. The van der Waals surface area contributed by atoms with Crippen LogP contribution in [0, 0.1) is 5.82 Å². The highest BCUT2D eigenvalue weighted by molar-refractivity contribution is 9.10. The van der Waals surface area contributed by atoms with Crippen LogP contribution in [0.4, 0.5) is 4.39 Å². The van der Waals surface area contributed by atoms with Crippen LogP contribution < -0.4 is 11.3 Å². The maximum Gasteiger partial charge on any atom is 0.141 e. The Labute approximate surface area is 72.7 Å². The van der Waals surface area contributed by atoms with Crippen LogP contribution >= 0.6 is 15.9 Å². The van der Waals surface area contributed by atoms with Gasteiger partial charge in [-0.1, -0.05) is 12.1 Å². The van der Waals surface area contributed by atoms with Gasteiger partial charge in [0.25, 0.3) is 0 Å². The summed E-state index contributed by atoms with van der Waals surface area (Å²) in [6.45, 7) is 0.339. The monoisotopic (exact) mass is 218 g/mol.